The zero-order valence-corrected chi connectivity index (χ0v) is 99.6. The Hall–Kier alpha value is 1.02. The van der Waals surface area contributed by atoms with E-state index in [4.69, 9.17) is 10.2 Å². The molecule has 5 aromatic carbocycles. The molecule has 0 amide bonds. The maximum atomic E-state index is 13.6. The summed E-state index contributed by atoms with van der Waals surface area (Å²) in [4.78, 5) is 0. The van der Waals surface area contributed by atoms with Crippen molar-refractivity contribution < 1.29 is 234 Å². The Morgan fingerprint density at radius 3 is 0.969 bits per heavy atom. The molecule has 0 heterocycles. The molecule has 130 heavy (non-hydrogen) atoms. The van der Waals surface area contributed by atoms with Crippen molar-refractivity contribution in [2.24, 2.45) is 112 Å². The normalized spacial score (nSPS) is 31.3. The summed E-state index contributed by atoms with van der Waals surface area (Å²) >= 11 is 0. The SMILES string of the molecule is C/C=C/C1CCC(C2CCC(C)CC2)CC1.C=CC1CCC(C2CCC(C)CC2)CC1.C=CC1CCC(C2CCC(c3cc[c-]cc3)CC2)CC1.CC1CCC(C2CCC(O)CC2)CC1.CC1CCC(C2CC[CH-]CC2)CC1.CC1CCC(c2ccc(O)c(F)c2F)CC1.CC1CCC(c2ccc(O)cc2)CC1.Cc1ccc(-c2ccc(O)c(F)c2F)cc1.[Y].[Y].[Y].[Y].[Y].[Y]. The molecule has 0 spiro atoms. The second-order valence-corrected chi connectivity index (χ2v) is 42.8. The summed E-state index contributed by atoms with van der Waals surface area (Å²) in [7, 11) is 0. The minimum atomic E-state index is -1.21. The smallest absolute Gasteiger partial charge is 0.200 e. The summed E-state index contributed by atoms with van der Waals surface area (Å²) < 4.78 is 53.5. The van der Waals surface area contributed by atoms with Gasteiger partial charge in [-0.1, -0.05) is 204 Å². The number of halogens is 4. The predicted octanol–water partition coefficient (Wildman–Crippen LogP) is 34.6. The van der Waals surface area contributed by atoms with Crippen LogP contribution < -0.4 is 0 Å². The Morgan fingerprint density at radius 2 is 0.608 bits per heavy atom. The van der Waals surface area contributed by atoms with E-state index in [-0.39, 0.29) is 214 Å². The van der Waals surface area contributed by atoms with E-state index < -0.39 is 34.8 Å². The number of rotatable bonds is 12. The van der Waals surface area contributed by atoms with Crippen molar-refractivity contribution >= 4 is 0 Å². The number of benzene rings is 5. The van der Waals surface area contributed by atoms with Crippen LogP contribution in [0.15, 0.2) is 135 Å². The molecule has 4 N–H and O–H groups in total. The molecule has 12 fully saturated rings. The monoisotopic (exact) mass is 2240 g/mol. The fourth-order valence-electron chi connectivity index (χ4n) is 24.7. The first-order chi connectivity index (χ1) is 60.0. The van der Waals surface area contributed by atoms with E-state index in [0.717, 1.165) is 169 Å². The molecule has 12 aliphatic rings. The Labute approximate surface area is 942 Å². The molecule has 17 rings (SSSR count). The van der Waals surface area contributed by atoms with Gasteiger partial charge in [0.15, 0.2) is 23.1 Å². The Kier molecular flexibility index (Phi) is 64.1. The van der Waals surface area contributed by atoms with Crippen LogP contribution >= 0.6 is 0 Å². The third-order valence-electron chi connectivity index (χ3n) is 33.7. The van der Waals surface area contributed by atoms with Crippen LogP contribution in [0, 0.1) is 155 Å². The number of hydrogen-bond donors (Lipinski definition) is 4. The topological polar surface area (TPSA) is 80.9 Å². The van der Waals surface area contributed by atoms with E-state index in [9.17, 15) is 27.8 Å². The van der Waals surface area contributed by atoms with Gasteiger partial charge in [-0.2, -0.15) is 57.5 Å². The van der Waals surface area contributed by atoms with E-state index in [1.54, 1.807) is 24.3 Å². The number of phenols is 3. The molecule has 4 nitrogen and oxygen atoms in total. The van der Waals surface area contributed by atoms with Crippen molar-refractivity contribution in [1.82, 2.24) is 0 Å². The number of aliphatic hydroxyl groups is 1. The van der Waals surface area contributed by atoms with Gasteiger partial charge in [-0.25, -0.2) is 8.78 Å². The van der Waals surface area contributed by atoms with Crippen molar-refractivity contribution in [1.29, 1.82) is 0 Å². The molecule has 5 aromatic rings. The van der Waals surface area contributed by atoms with Gasteiger partial charge in [0.05, 0.1) is 6.10 Å². The van der Waals surface area contributed by atoms with Crippen LogP contribution in [0.4, 0.5) is 17.6 Å². The first kappa shape index (κ1) is 123. The van der Waals surface area contributed by atoms with Gasteiger partial charge in [-0.05, 0) is 397 Å². The van der Waals surface area contributed by atoms with Gasteiger partial charge in [0.1, 0.15) is 5.75 Å². The molecule has 14 heteroatoms. The molecule has 0 aliphatic heterocycles. The molecule has 0 unspecified atom stereocenters. The molecule has 0 bridgehead atoms. The quantitative estimate of drug-likeness (QED) is 0.0570. The minimum absolute atomic E-state index is 0. The van der Waals surface area contributed by atoms with Crippen molar-refractivity contribution in [3.05, 3.63) is 193 Å². The molecular weight excluding hydrogens is 2070 g/mol. The molecule has 0 saturated heterocycles. The van der Waals surface area contributed by atoms with Crippen molar-refractivity contribution in [3.63, 3.8) is 0 Å². The second-order valence-electron chi connectivity index (χ2n) is 42.8. The fraction of sp³-hybridized carbons (Fsp3) is 0.681. The van der Waals surface area contributed by atoms with Crippen LogP contribution in [0.1, 0.15) is 397 Å². The standard InChI is InChI=1S/C20H27.C16H28.C15H26.C13H16F2O.C13H10F2O.C13H24O.C13H18O.C13H23.6Y/c1-2-16-8-10-18(11-9-16)20-14-12-19(13-15-20)17-6-4-3-5-7-17;1-3-4-14-7-11-16(12-8-14)15-9-5-13(2)6-10-15;1-3-13-6-10-15(11-7-13)14-8-4-12(2)5-9-14;2*1-8-2-4-9(5-3-8)10-6-7-11(16)13(15)12(10)14;2*1-10-2-4-11(5-3-10)12-6-8-13(14)9-7-12;1-11-7-9-13(10-8-11)12-5-3-2-4-6-12;;;;;;/h2,4-7,16,18-20H,1,8-15H2;3-4,13-16H,5-12H2,1-2H3;3,12-15H,1,4-11H2,2H3;6-9,16H,2-5H2,1H3;2-7,16H,1H3;10-14H,2-9H2,1H3;6-11,14H,2-5H2,1H3;2,11-13H,3-10H2,1H3;;;;;;/q-1;;;;;;;-1;;;;;;/b;4-3+;;;;;;;;;;;;. The summed E-state index contributed by atoms with van der Waals surface area (Å²) in [5.74, 6) is 15.1. The first-order valence-electron chi connectivity index (χ1n) is 51.5. The van der Waals surface area contributed by atoms with Crippen molar-refractivity contribution in [2.75, 3.05) is 0 Å². The Bertz CT molecular complexity index is 3750. The van der Waals surface area contributed by atoms with E-state index in [2.05, 4.69) is 135 Å². The molecule has 0 aromatic heterocycles. The Balaban J connectivity index is 0.000000310. The van der Waals surface area contributed by atoms with E-state index >= 15 is 0 Å². The molecular formula is C116H172F4O4Y6-2. The van der Waals surface area contributed by atoms with Gasteiger partial charge in [-0.15, -0.1) is 13.2 Å². The van der Waals surface area contributed by atoms with Crippen LogP contribution in [0.2, 0.25) is 0 Å². The third kappa shape index (κ3) is 42.1. The van der Waals surface area contributed by atoms with E-state index in [0.29, 0.717) is 22.8 Å². The average Bonchev–Trinajstić information content (AvgIpc) is 0.820. The third-order valence-corrected chi connectivity index (χ3v) is 33.7. The number of allylic oxidation sites excluding steroid dienone is 4. The van der Waals surface area contributed by atoms with Crippen molar-refractivity contribution in [3.8, 4) is 28.4 Å². The summed E-state index contributed by atoms with van der Waals surface area (Å²) in [5.41, 5.74) is 5.13. The summed E-state index contributed by atoms with van der Waals surface area (Å²) in [6, 6.07) is 31.8. The molecule has 0 atom stereocenters. The van der Waals surface area contributed by atoms with Crippen LogP contribution in [-0.2, 0) is 196 Å². The number of hydrogen-bond acceptors (Lipinski definition) is 4. The van der Waals surface area contributed by atoms with Gasteiger partial charge in [0, 0.05) is 202 Å². The largest absolute Gasteiger partial charge is 0.508 e. The van der Waals surface area contributed by atoms with Gasteiger partial charge in [-0.3, -0.25) is 0 Å². The maximum absolute atomic E-state index is 13.6. The molecule has 708 valence electrons. The van der Waals surface area contributed by atoms with Gasteiger partial charge < -0.3 is 26.8 Å². The van der Waals surface area contributed by atoms with Gasteiger partial charge in [0.25, 0.3) is 0 Å². The summed E-state index contributed by atoms with van der Waals surface area (Å²) in [6.45, 7) is 26.2. The van der Waals surface area contributed by atoms with E-state index in [1.807, 2.05) is 19.1 Å². The minimum Gasteiger partial charge on any atom is -0.508 e. The molecule has 12 saturated carbocycles. The number of aliphatic hydroxyl groups excluding tert-OH is 1. The number of phenolic OH excluding ortho intramolecular Hbond substituents is 3. The number of aryl methyl sites for hydroxylation is 1. The summed E-state index contributed by atoms with van der Waals surface area (Å²) in [6.07, 6.45) is 78.4. The van der Waals surface area contributed by atoms with Gasteiger partial charge >= 0.3 is 0 Å². The second kappa shape index (κ2) is 67.5. The van der Waals surface area contributed by atoms with Crippen molar-refractivity contribution in [2.45, 2.75) is 387 Å². The van der Waals surface area contributed by atoms with Gasteiger partial charge in [0.2, 0.25) is 11.6 Å². The average molecular weight is 2240 g/mol. The molecule has 12 aliphatic carbocycles. The maximum Gasteiger partial charge on any atom is 0.200 e. The zero-order chi connectivity index (χ0) is 88.3. The molecule has 6 radical (unpaired) electrons. The van der Waals surface area contributed by atoms with E-state index in [1.165, 1.54) is 299 Å². The van der Waals surface area contributed by atoms with Crippen LogP contribution in [0.3, 0.4) is 0 Å². The van der Waals surface area contributed by atoms with Crippen LogP contribution in [-0.4, -0.2) is 26.5 Å². The number of aromatic hydroxyl groups is 3. The summed E-state index contributed by atoms with van der Waals surface area (Å²) in [5, 5.41) is 36.7. The predicted molar refractivity (Wildman–Crippen MR) is 515 cm³/mol. The Morgan fingerprint density at radius 1 is 0.315 bits per heavy atom. The van der Waals surface area contributed by atoms with Crippen LogP contribution in [0.25, 0.3) is 11.1 Å². The fourth-order valence-corrected chi connectivity index (χ4v) is 24.7. The first-order valence-corrected chi connectivity index (χ1v) is 51.5. The zero-order valence-electron chi connectivity index (χ0n) is 82.5. The van der Waals surface area contributed by atoms with Crippen LogP contribution in [0.5, 0.6) is 17.2 Å².